The molecule has 19 heavy (non-hydrogen) atoms. The Bertz CT molecular complexity index is 310. The molecule has 3 unspecified atom stereocenters. The highest BCUT2D eigenvalue weighted by molar-refractivity contribution is 4.95. The van der Waals surface area contributed by atoms with Crippen LogP contribution in [-0.4, -0.2) is 48.6 Å². The molecule has 0 N–H and O–H groups in total. The number of nitrogens with zero attached hydrogens (tertiary/aromatic N) is 3. The molecule has 1 aliphatic carbocycles. The van der Waals surface area contributed by atoms with E-state index in [-0.39, 0.29) is 5.92 Å². The number of rotatable bonds is 4. The highest BCUT2D eigenvalue weighted by Crippen LogP contribution is 2.27. The lowest BCUT2D eigenvalue weighted by atomic mass is 9.94. The smallest absolute Gasteiger partial charge is 0.0672 e. The van der Waals surface area contributed by atoms with E-state index in [0.717, 1.165) is 19.0 Å². The molecule has 2 fully saturated rings. The molecule has 1 saturated heterocycles. The standard InChI is InChI=1S/C16H29N3/c1-3-19-11-7-9-15(19)13-18(2)16-10-6-4-5-8-14(16)12-17/h14-16H,3-11,13H2,1-2H3. The molecule has 0 aromatic carbocycles. The zero-order valence-electron chi connectivity index (χ0n) is 12.6. The molecule has 1 aliphatic heterocycles. The molecular formula is C16H29N3. The van der Waals surface area contributed by atoms with Gasteiger partial charge in [-0.1, -0.05) is 26.2 Å². The molecule has 0 aromatic rings. The van der Waals surface area contributed by atoms with E-state index >= 15 is 0 Å². The summed E-state index contributed by atoms with van der Waals surface area (Å²) in [5.41, 5.74) is 0. The van der Waals surface area contributed by atoms with E-state index in [1.165, 1.54) is 51.6 Å². The highest BCUT2D eigenvalue weighted by Gasteiger charge is 2.30. The van der Waals surface area contributed by atoms with E-state index < -0.39 is 0 Å². The molecule has 0 bridgehead atoms. The molecule has 0 radical (unpaired) electrons. The Hall–Kier alpha value is -0.590. The third-order valence-electron chi connectivity index (χ3n) is 5.12. The van der Waals surface area contributed by atoms with Gasteiger partial charge in [0.25, 0.3) is 0 Å². The first-order valence-corrected chi connectivity index (χ1v) is 8.10. The van der Waals surface area contributed by atoms with Crippen LogP contribution < -0.4 is 0 Å². The summed E-state index contributed by atoms with van der Waals surface area (Å²) in [4.78, 5) is 5.10. The van der Waals surface area contributed by atoms with E-state index in [2.05, 4.69) is 29.8 Å². The maximum atomic E-state index is 9.41. The minimum atomic E-state index is 0.254. The SMILES string of the molecule is CCN1CCCC1CN(C)C1CCCCCC1C#N. The minimum absolute atomic E-state index is 0.254. The van der Waals surface area contributed by atoms with Gasteiger partial charge < -0.3 is 4.90 Å². The summed E-state index contributed by atoms with van der Waals surface area (Å²) in [7, 11) is 2.24. The van der Waals surface area contributed by atoms with Gasteiger partial charge in [-0.2, -0.15) is 5.26 Å². The Kier molecular flexibility index (Phi) is 5.66. The first kappa shape index (κ1) is 14.8. The van der Waals surface area contributed by atoms with Crippen LogP contribution in [0.1, 0.15) is 51.9 Å². The van der Waals surface area contributed by atoms with Crippen molar-refractivity contribution < 1.29 is 0 Å². The van der Waals surface area contributed by atoms with Crippen LogP contribution >= 0.6 is 0 Å². The lowest BCUT2D eigenvalue weighted by molar-refractivity contribution is 0.137. The average molecular weight is 263 g/mol. The molecule has 1 saturated carbocycles. The van der Waals surface area contributed by atoms with Crippen molar-refractivity contribution in [2.75, 3.05) is 26.7 Å². The molecule has 0 aromatic heterocycles. The van der Waals surface area contributed by atoms with Gasteiger partial charge in [-0.05, 0) is 45.8 Å². The second-order valence-electron chi connectivity index (χ2n) is 6.31. The van der Waals surface area contributed by atoms with E-state index in [9.17, 15) is 5.26 Å². The van der Waals surface area contributed by atoms with Crippen LogP contribution in [0.25, 0.3) is 0 Å². The Morgan fingerprint density at radius 3 is 2.68 bits per heavy atom. The topological polar surface area (TPSA) is 30.3 Å². The molecule has 1 heterocycles. The largest absolute Gasteiger partial charge is 0.301 e. The summed E-state index contributed by atoms with van der Waals surface area (Å²) in [5, 5.41) is 9.41. The summed E-state index contributed by atoms with van der Waals surface area (Å²) in [6, 6.07) is 3.78. The number of likely N-dealkylation sites (tertiary alicyclic amines) is 1. The molecule has 3 nitrogen and oxygen atoms in total. The van der Waals surface area contributed by atoms with Gasteiger partial charge in [-0.3, -0.25) is 4.90 Å². The molecule has 3 heteroatoms. The normalized spacial score (nSPS) is 33.3. The van der Waals surface area contributed by atoms with Crippen molar-refractivity contribution >= 4 is 0 Å². The first-order chi connectivity index (χ1) is 9.26. The van der Waals surface area contributed by atoms with Gasteiger partial charge in [0.2, 0.25) is 0 Å². The van der Waals surface area contributed by atoms with Crippen LogP contribution in [0.2, 0.25) is 0 Å². The Morgan fingerprint density at radius 1 is 1.16 bits per heavy atom. The van der Waals surface area contributed by atoms with E-state index in [4.69, 9.17) is 0 Å². The number of hydrogen-bond donors (Lipinski definition) is 0. The van der Waals surface area contributed by atoms with Gasteiger partial charge in [-0.25, -0.2) is 0 Å². The summed E-state index contributed by atoms with van der Waals surface area (Å²) < 4.78 is 0. The summed E-state index contributed by atoms with van der Waals surface area (Å²) in [6.45, 7) is 5.85. The molecule has 0 amide bonds. The summed E-state index contributed by atoms with van der Waals surface area (Å²) in [5.74, 6) is 0.254. The predicted molar refractivity (Wildman–Crippen MR) is 78.9 cm³/mol. The number of hydrogen-bond acceptors (Lipinski definition) is 3. The predicted octanol–water partition coefficient (Wildman–Crippen LogP) is 2.87. The highest BCUT2D eigenvalue weighted by atomic mass is 15.2. The van der Waals surface area contributed by atoms with Gasteiger partial charge in [0, 0.05) is 18.6 Å². The van der Waals surface area contributed by atoms with Crippen molar-refractivity contribution in [1.29, 1.82) is 5.26 Å². The lowest BCUT2D eigenvalue weighted by Crippen LogP contribution is -2.45. The lowest BCUT2D eigenvalue weighted by Gasteiger charge is -2.34. The first-order valence-electron chi connectivity index (χ1n) is 8.10. The quantitative estimate of drug-likeness (QED) is 0.731. The van der Waals surface area contributed by atoms with Gasteiger partial charge in [0.15, 0.2) is 0 Å². The maximum Gasteiger partial charge on any atom is 0.0672 e. The fraction of sp³-hybridized carbons (Fsp3) is 0.938. The molecule has 2 aliphatic rings. The second kappa shape index (κ2) is 7.26. The van der Waals surface area contributed by atoms with E-state index in [1.807, 2.05) is 0 Å². The minimum Gasteiger partial charge on any atom is -0.301 e. The van der Waals surface area contributed by atoms with Crippen molar-refractivity contribution in [3.8, 4) is 6.07 Å². The Morgan fingerprint density at radius 2 is 1.95 bits per heavy atom. The zero-order valence-corrected chi connectivity index (χ0v) is 12.6. The molecule has 3 atom stereocenters. The molecule has 0 spiro atoms. The summed E-state index contributed by atoms with van der Waals surface area (Å²) >= 11 is 0. The van der Waals surface area contributed by atoms with Crippen LogP contribution in [0.5, 0.6) is 0 Å². The summed E-state index contributed by atoms with van der Waals surface area (Å²) in [6.07, 6.45) is 8.86. The molecule has 108 valence electrons. The maximum absolute atomic E-state index is 9.41. The zero-order chi connectivity index (χ0) is 13.7. The van der Waals surface area contributed by atoms with E-state index in [1.54, 1.807) is 0 Å². The molecule has 2 rings (SSSR count). The fourth-order valence-electron chi connectivity index (χ4n) is 3.95. The monoisotopic (exact) mass is 263 g/mol. The van der Waals surface area contributed by atoms with Crippen LogP contribution in [0, 0.1) is 17.2 Å². The van der Waals surface area contributed by atoms with Gasteiger partial charge in [-0.15, -0.1) is 0 Å². The Balaban J connectivity index is 1.93. The van der Waals surface area contributed by atoms with Gasteiger partial charge in [0.1, 0.15) is 0 Å². The third-order valence-corrected chi connectivity index (χ3v) is 5.12. The van der Waals surface area contributed by atoms with Crippen LogP contribution in [0.3, 0.4) is 0 Å². The van der Waals surface area contributed by atoms with Crippen molar-refractivity contribution in [2.24, 2.45) is 5.92 Å². The van der Waals surface area contributed by atoms with Gasteiger partial charge in [0.05, 0.1) is 12.0 Å². The van der Waals surface area contributed by atoms with Crippen molar-refractivity contribution in [1.82, 2.24) is 9.80 Å². The number of nitriles is 1. The van der Waals surface area contributed by atoms with Crippen LogP contribution in [0.4, 0.5) is 0 Å². The van der Waals surface area contributed by atoms with Gasteiger partial charge >= 0.3 is 0 Å². The number of likely N-dealkylation sites (N-methyl/N-ethyl adjacent to an activating group) is 2. The van der Waals surface area contributed by atoms with Crippen molar-refractivity contribution in [3.05, 3.63) is 0 Å². The fourth-order valence-corrected chi connectivity index (χ4v) is 3.95. The van der Waals surface area contributed by atoms with Crippen LogP contribution in [-0.2, 0) is 0 Å². The third kappa shape index (κ3) is 3.70. The second-order valence-corrected chi connectivity index (χ2v) is 6.31. The van der Waals surface area contributed by atoms with E-state index in [0.29, 0.717) is 6.04 Å². The Labute approximate surface area is 118 Å². The van der Waals surface area contributed by atoms with Crippen molar-refractivity contribution in [2.45, 2.75) is 64.0 Å². The molecular weight excluding hydrogens is 234 g/mol. The van der Waals surface area contributed by atoms with Crippen molar-refractivity contribution in [3.63, 3.8) is 0 Å². The average Bonchev–Trinajstić information content (AvgIpc) is 2.73. The van der Waals surface area contributed by atoms with Crippen LogP contribution in [0.15, 0.2) is 0 Å².